The molecule has 7 nitrogen and oxygen atoms in total. The quantitative estimate of drug-likeness (QED) is 0.503. The molecule has 2 N–H and O–H groups in total. The van der Waals surface area contributed by atoms with Crippen molar-refractivity contribution in [1.82, 2.24) is 14.9 Å². The number of anilines is 5. The number of hydrogen-bond acceptors (Lipinski definition) is 7. The predicted molar refractivity (Wildman–Crippen MR) is 135 cm³/mol. The van der Waals surface area contributed by atoms with Gasteiger partial charge in [-0.1, -0.05) is 24.8 Å². The molecule has 2 heterocycles. The van der Waals surface area contributed by atoms with E-state index in [0.717, 1.165) is 48.7 Å². The zero-order chi connectivity index (χ0) is 23.2. The smallest absolute Gasteiger partial charge is 0.229 e. The third-order valence-corrected chi connectivity index (χ3v) is 5.83. The van der Waals surface area contributed by atoms with Crippen LogP contribution in [0.5, 0.6) is 0 Å². The summed E-state index contributed by atoms with van der Waals surface area (Å²) in [6, 6.07) is 16.1. The number of nitrogens with one attached hydrogen (secondary N) is 2. The SMILES string of the molecule is C=CC(=O)Cc1ccccc1Nc1nc(Nc2ccc(N3CCN(C)CC3)cc2)ncc1C. The first kappa shape index (κ1) is 22.5. The van der Waals surface area contributed by atoms with Crippen molar-refractivity contribution in [3.05, 3.63) is 78.5 Å². The molecular formula is C26H30N6O. The summed E-state index contributed by atoms with van der Waals surface area (Å²) in [6.07, 6.45) is 3.43. The number of carbonyl (C=O) groups is 1. The predicted octanol–water partition coefficient (Wildman–Crippen LogP) is 4.32. The second kappa shape index (κ2) is 10.3. The monoisotopic (exact) mass is 442 g/mol. The van der Waals surface area contributed by atoms with Gasteiger partial charge in [-0.05, 0) is 55.9 Å². The Labute approximate surface area is 195 Å². The number of carbonyl (C=O) groups excluding carboxylic acids is 1. The van der Waals surface area contributed by atoms with E-state index in [1.54, 1.807) is 6.20 Å². The van der Waals surface area contributed by atoms with Crippen molar-refractivity contribution in [1.29, 1.82) is 0 Å². The molecule has 1 fully saturated rings. The van der Waals surface area contributed by atoms with Gasteiger partial charge in [0.1, 0.15) is 5.82 Å². The Bertz CT molecular complexity index is 1120. The fraction of sp³-hybridized carbons (Fsp3) is 0.269. The standard InChI is InChI=1S/C26H30N6O/c1-4-23(33)17-20-7-5-6-8-24(20)29-25-19(2)18-27-26(30-25)28-21-9-11-22(12-10-21)32-15-13-31(3)14-16-32/h4-12,18H,1,13-17H2,2-3H3,(H2,27,28,29,30). The largest absolute Gasteiger partial charge is 0.369 e. The molecule has 1 aromatic heterocycles. The first-order valence-corrected chi connectivity index (χ1v) is 11.2. The maximum Gasteiger partial charge on any atom is 0.229 e. The summed E-state index contributed by atoms with van der Waals surface area (Å²) in [4.78, 5) is 25.7. The molecule has 170 valence electrons. The van der Waals surface area contributed by atoms with Gasteiger partial charge < -0.3 is 20.4 Å². The van der Waals surface area contributed by atoms with Crippen LogP contribution in [0.1, 0.15) is 11.1 Å². The number of benzene rings is 2. The normalized spacial score (nSPS) is 14.1. The van der Waals surface area contributed by atoms with Crippen molar-refractivity contribution in [3.8, 4) is 0 Å². The molecule has 0 radical (unpaired) electrons. The lowest BCUT2D eigenvalue weighted by atomic mass is 10.1. The summed E-state index contributed by atoms with van der Waals surface area (Å²) >= 11 is 0. The molecule has 1 aliphatic heterocycles. The van der Waals surface area contributed by atoms with Crippen LogP contribution >= 0.6 is 0 Å². The van der Waals surface area contributed by atoms with Crippen LogP contribution in [0.25, 0.3) is 0 Å². The van der Waals surface area contributed by atoms with Gasteiger partial charge in [0.2, 0.25) is 5.95 Å². The van der Waals surface area contributed by atoms with Gasteiger partial charge in [-0.25, -0.2) is 4.98 Å². The van der Waals surface area contributed by atoms with E-state index in [-0.39, 0.29) is 5.78 Å². The van der Waals surface area contributed by atoms with Gasteiger partial charge >= 0.3 is 0 Å². The summed E-state index contributed by atoms with van der Waals surface area (Å²) in [7, 11) is 2.16. The molecule has 0 amide bonds. The number of rotatable bonds is 8. The molecule has 0 atom stereocenters. The molecule has 0 aliphatic carbocycles. The van der Waals surface area contributed by atoms with E-state index in [1.807, 2.05) is 31.2 Å². The molecule has 4 rings (SSSR count). The third-order valence-electron chi connectivity index (χ3n) is 5.83. The molecule has 0 bridgehead atoms. The van der Waals surface area contributed by atoms with Gasteiger partial charge in [0.15, 0.2) is 5.78 Å². The second-order valence-corrected chi connectivity index (χ2v) is 8.32. The van der Waals surface area contributed by atoms with Crippen molar-refractivity contribution in [3.63, 3.8) is 0 Å². The highest BCUT2D eigenvalue weighted by Crippen LogP contribution is 2.25. The lowest BCUT2D eigenvalue weighted by Gasteiger charge is -2.34. The van der Waals surface area contributed by atoms with Crippen molar-refractivity contribution in [2.45, 2.75) is 13.3 Å². The van der Waals surface area contributed by atoms with Crippen molar-refractivity contribution >= 4 is 34.6 Å². The minimum atomic E-state index is -0.0222. The number of para-hydroxylation sites is 1. The number of hydrogen-bond donors (Lipinski definition) is 2. The molecule has 0 saturated carbocycles. The minimum Gasteiger partial charge on any atom is -0.369 e. The van der Waals surface area contributed by atoms with Crippen LogP contribution in [-0.2, 0) is 11.2 Å². The van der Waals surface area contributed by atoms with Gasteiger partial charge in [-0.15, -0.1) is 0 Å². The molecule has 0 unspecified atom stereocenters. The first-order chi connectivity index (χ1) is 16.0. The van der Waals surface area contributed by atoms with Crippen LogP contribution in [0.15, 0.2) is 67.4 Å². The van der Waals surface area contributed by atoms with Gasteiger partial charge in [-0.2, -0.15) is 4.98 Å². The van der Waals surface area contributed by atoms with Crippen LogP contribution in [0.3, 0.4) is 0 Å². The zero-order valence-electron chi connectivity index (χ0n) is 19.2. The number of aromatic nitrogens is 2. The Morgan fingerprint density at radius 1 is 1.06 bits per heavy atom. The minimum absolute atomic E-state index is 0.0222. The zero-order valence-corrected chi connectivity index (χ0v) is 19.2. The lowest BCUT2D eigenvalue weighted by molar-refractivity contribution is -0.114. The Kier molecular flexibility index (Phi) is 7.00. The molecule has 0 spiro atoms. The van der Waals surface area contributed by atoms with E-state index in [9.17, 15) is 4.79 Å². The number of ketones is 1. The Morgan fingerprint density at radius 2 is 1.79 bits per heavy atom. The highest BCUT2D eigenvalue weighted by atomic mass is 16.1. The van der Waals surface area contributed by atoms with E-state index in [2.05, 4.69) is 68.3 Å². The fourth-order valence-corrected chi connectivity index (χ4v) is 3.76. The Hall–Kier alpha value is -3.71. The molecule has 7 heteroatoms. The van der Waals surface area contributed by atoms with Crippen molar-refractivity contribution < 1.29 is 4.79 Å². The summed E-state index contributed by atoms with van der Waals surface area (Å²) in [6.45, 7) is 9.76. The van der Waals surface area contributed by atoms with Gasteiger partial charge in [0.05, 0.1) is 0 Å². The average Bonchev–Trinajstić information content (AvgIpc) is 2.83. The average molecular weight is 443 g/mol. The van der Waals surface area contributed by atoms with Gasteiger partial charge in [0.25, 0.3) is 0 Å². The second-order valence-electron chi connectivity index (χ2n) is 8.32. The highest BCUT2D eigenvalue weighted by molar-refractivity contribution is 5.92. The highest BCUT2D eigenvalue weighted by Gasteiger charge is 2.14. The molecule has 3 aromatic rings. The van der Waals surface area contributed by atoms with Gasteiger partial charge in [0, 0.05) is 61.4 Å². The van der Waals surface area contributed by atoms with E-state index < -0.39 is 0 Å². The Balaban J connectivity index is 1.47. The third kappa shape index (κ3) is 5.75. The van der Waals surface area contributed by atoms with Gasteiger partial charge in [-0.3, -0.25) is 4.79 Å². The topological polar surface area (TPSA) is 73.4 Å². The molecule has 1 aliphatic rings. The van der Waals surface area contributed by atoms with Crippen LogP contribution in [0.4, 0.5) is 28.8 Å². The molecule has 33 heavy (non-hydrogen) atoms. The first-order valence-electron chi connectivity index (χ1n) is 11.2. The number of allylic oxidation sites excluding steroid dienone is 1. The Morgan fingerprint density at radius 3 is 2.52 bits per heavy atom. The summed E-state index contributed by atoms with van der Waals surface area (Å²) in [5.41, 5.74) is 4.81. The maximum atomic E-state index is 11.9. The summed E-state index contributed by atoms with van der Waals surface area (Å²) in [5, 5.41) is 6.66. The number of nitrogens with zero attached hydrogens (tertiary/aromatic N) is 4. The van der Waals surface area contributed by atoms with E-state index in [0.29, 0.717) is 18.2 Å². The summed E-state index contributed by atoms with van der Waals surface area (Å²) in [5.74, 6) is 1.18. The van der Waals surface area contributed by atoms with Crippen molar-refractivity contribution in [2.75, 3.05) is 48.8 Å². The van der Waals surface area contributed by atoms with Crippen LogP contribution in [0, 0.1) is 6.92 Å². The van der Waals surface area contributed by atoms with Crippen LogP contribution < -0.4 is 15.5 Å². The summed E-state index contributed by atoms with van der Waals surface area (Å²) < 4.78 is 0. The number of piperazine rings is 1. The molecule has 2 aromatic carbocycles. The fourth-order valence-electron chi connectivity index (χ4n) is 3.76. The van der Waals surface area contributed by atoms with E-state index in [1.165, 1.54) is 11.8 Å². The van der Waals surface area contributed by atoms with Crippen molar-refractivity contribution in [2.24, 2.45) is 0 Å². The molecular weight excluding hydrogens is 412 g/mol. The van der Waals surface area contributed by atoms with E-state index in [4.69, 9.17) is 0 Å². The van der Waals surface area contributed by atoms with Crippen LogP contribution in [0.2, 0.25) is 0 Å². The maximum absolute atomic E-state index is 11.9. The van der Waals surface area contributed by atoms with Crippen LogP contribution in [-0.4, -0.2) is 53.9 Å². The molecule has 1 saturated heterocycles. The van der Waals surface area contributed by atoms with E-state index >= 15 is 0 Å². The lowest BCUT2D eigenvalue weighted by Crippen LogP contribution is -2.44. The number of likely N-dealkylation sites (N-methyl/N-ethyl adjacent to an activating group) is 1. The number of aryl methyl sites for hydroxylation is 1.